The van der Waals surface area contributed by atoms with E-state index in [0.717, 1.165) is 11.8 Å². The molecule has 0 bridgehead atoms. The molecule has 0 heterocycles. The van der Waals surface area contributed by atoms with Gasteiger partial charge in [0.25, 0.3) is 0 Å². The molecule has 1 fully saturated rings. The maximum atomic E-state index is 3.77. The van der Waals surface area contributed by atoms with Crippen molar-refractivity contribution in [3.63, 3.8) is 0 Å². The van der Waals surface area contributed by atoms with Crippen LogP contribution in [0.5, 0.6) is 0 Å². The van der Waals surface area contributed by atoms with E-state index in [-0.39, 0.29) is 0 Å². The Morgan fingerprint density at radius 2 is 1.94 bits per heavy atom. The number of halogens is 1. The van der Waals surface area contributed by atoms with Gasteiger partial charge in [-0.25, -0.2) is 0 Å². The highest BCUT2D eigenvalue weighted by atomic mass is 79.9. The Balaban J connectivity index is 2.13. The quantitative estimate of drug-likeness (QED) is 0.790. The van der Waals surface area contributed by atoms with Gasteiger partial charge in [-0.2, -0.15) is 0 Å². The summed E-state index contributed by atoms with van der Waals surface area (Å²) >= 11 is 3.65. The van der Waals surface area contributed by atoms with Crippen LogP contribution in [0, 0.1) is 18.8 Å². The van der Waals surface area contributed by atoms with Gasteiger partial charge in [0, 0.05) is 16.2 Å². The average Bonchev–Trinajstić information content (AvgIpc) is 2.34. The van der Waals surface area contributed by atoms with Gasteiger partial charge in [-0.3, -0.25) is 0 Å². The van der Waals surface area contributed by atoms with E-state index in [1.54, 1.807) is 0 Å². The molecule has 2 atom stereocenters. The molecule has 0 aromatic heterocycles. The monoisotopic (exact) mass is 309 g/mol. The van der Waals surface area contributed by atoms with E-state index in [1.807, 2.05) is 0 Å². The van der Waals surface area contributed by atoms with Gasteiger partial charge in [-0.15, -0.1) is 0 Å². The molecule has 0 radical (unpaired) electrons. The van der Waals surface area contributed by atoms with Crippen LogP contribution in [0.3, 0.4) is 0 Å². The van der Waals surface area contributed by atoms with Crippen molar-refractivity contribution < 1.29 is 0 Å². The van der Waals surface area contributed by atoms with E-state index >= 15 is 0 Å². The smallest absolute Gasteiger partial charge is 0.0489 e. The minimum absolute atomic E-state index is 0.636. The molecule has 1 nitrogen and oxygen atoms in total. The molecule has 2 rings (SSSR count). The van der Waals surface area contributed by atoms with Crippen LogP contribution in [0.2, 0.25) is 0 Å². The van der Waals surface area contributed by atoms with Gasteiger partial charge in [-0.1, -0.05) is 32.8 Å². The summed E-state index contributed by atoms with van der Waals surface area (Å²) in [5.74, 6) is 1.58. The lowest BCUT2D eigenvalue weighted by Gasteiger charge is -2.35. The van der Waals surface area contributed by atoms with Gasteiger partial charge in [0.1, 0.15) is 0 Å². The largest absolute Gasteiger partial charge is 0.381 e. The van der Waals surface area contributed by atoms with Crippen molar-refractivity contribution in [1.82, 2.24) is 0 Å². The first-order valence-electron chi connectivity index (χ1n) is 7.10. The molecule has 0 spiro atoms. The van der Waals surface area contributed by atoms with Gasteiger partial charge >= 0.3 is 0 Å². The number of nitrogens with one attached hydrogen (secondary N) is 1. The molecule has 0 aliphatic heterocycles. The Bertz CT molecular complexity index is 400. The van der Waals surface area contributed by atoms with E-state index in [1.165, 1.54) is 41.4 Å². The predicted molar refractivity (Wildman–Crippen MR) is 83.1 cm³/mol. The lowest BCUT2D eigenvalue weighted by atomic mass is 9.78. The van der Waals surface area contributed by atoms with Crippen LogP contribution in [-0.2, 0) is 0 Å². The number of hydrogen-bond acceptors (Lipinski definition) is 1. The standard InChI is InChI=1S/C16H24BrN/c1-11(2)13-6-4-5-7-15(13)18-16-10-12(3)8-9-14(16)17/h8-11,13,15,18H,4-7H2,1-3H3. The van der Waals surface area contributed by atoms with Crippen molar-refractivity contribution in [2.24, 2.45) is 11.8 Å². The van der Waals surface area contributed by atoms with Crippen LogP contribution >= 0.6 is 15.9 Å². The fraction of sp³-hybridized carbons (Fsp3) is 0.625. The topological polar surface area (TPSA) is 12.0 Å². The first-order chi connectivity index (χ1) is 8.58. The Hall–Kier alpha value is -0.500. The molecule has 0 saturated heterocycles. The third kappa shape index (κ3) is 3.28. The highest BCUT2D eigenvalue weighted by Crippen LogP contribution is 2.34. The van der Waals surface area contributed by atoms with Gasteiger partial charge in [-0.05, 0) is 65.2 Å². The zero-order valence-electron chi connectivity index (χ0n) is 11.7. The molecule has 1 aliphatic carbocycles. The third-order valence-corrected chi connectivity index (χ3v) is 4.83. The summed E-state index contributed by atoms with van der Waals surface area (Å²) in [6.45, 7) is 6.87. The summed E-state index contributed by atoms with van der Waals surface area (Å²) in [6, 6.07) is 7.17. The second-order valence-corrected chi connectivity index (χ2v) is 6.78. The minimum atomic E-state index is 0.636. The van der Waals surface area contributed by atoms with Crippen LogP contribution < -0.4 is 5.32 Å². The molecule has 1 aromatic rings. The zero-order valence-corrected chi connectivity index (χ0v) is 13.3. The van der Waals surface area contributed by atoms with Crippen molar-refractivity contribution >= 4 is 21.6 Å². The fourth-order valence-corrected chi connectivity index (χ4v) is 3.45. The second kappa shape index (κ2) is 6.10. The molecular formula is C16H24BrN. The maximum Gasteiger partial charge on any atom is 0.0489 e. The van der Waals surface area contributed by atoms with Gasteiger partial charge in [0.05, 0.1) is 0 Å². The molecule has 2 unspecified atom stereocenters. The van der Waals surface area contributed by atoms with Gasteiger partial charge < -0.3 is 5.32 Å². The Labute approximate surface area is 119 Å². The Morgan fingerprint density at radius 1 is 1.22 bits per heavy atom. The first kappa shape index (κ1) is 13.9. The normalized spacial score (nSPS) is 24.3. The summed E-state index contributed by atoms with van der Waals surface area (Å²) < 4.78 is 1.18. The van der Waals surface area contributed by atoms with Crippen LogP contribution in [0.4, 0.5) is 5.69 Å². The lowest BCUT2D eigenvalue weighted by Crippen LogP contribution is -2.35. The van der Waals surface area contributed by atoms with Crippen molar-refractivity contribution in [2.45, 2.75) is 52.5 Å². The molecule has 2 heteroatoms. The number of aryl methyl sites for hydroxylation is 1. The maximum absolute atomic E-state index is 3.77. The van der Waals surface area contributed by atoms with Crippen LogP contribution in [0.15, 0.2) is 22.7 Å². The minimum Gasteiger partial charge on any atom is -0.381 e. The number of rotatable bonds is 3. The summed E-state index contributed by atoms with van der Waals surface area (Å²) in [7, 11) is 0. The highest BCUT2D eigenvalue weighted by Gasteiger charge is 2.27. The summed E-state index contributed by atoms with van der Waals surface area (Å²) in [5, 5.41) is 3.77. The van der Waals surface area contributed by atoms with E-state index in [0.29, 0.717) is 6.04 Å². The van der Waals surface area contributed by atoms with Crippen LogP contribution in [-0.4, -0.2) is 6.04 Å². The number of anilines is 1. The number of benzene rings is 1. The summed E-state index contributed by atoms with van der Waals surface area (Å²) in [6.07, 6.45) is 5.45. The van der Waals surface area contributed by atoms with Crippen molar-refractivity contribution in [3.05, 3.63) is 28.2 Å². The Morgan fingerprint density at radius 3 is 2.67 bits per heavy atom. The second-order valence-electron chi connectivity index (χ2n) is 5.93. The van der Waals surface area contributed by atoms with E-state index in [4.69, 9.17) is 0 Å². The molecule has 18 heavy (non-hydrogen) atoms. The lowest BCUT2D eigenvalue weighted by molar-refractivity contribution is 0.254. The molecule has 1 saturated carbocycles. The molecular weight excluding hydrogens is 286 g/mol. The predicted octanol–water partition coefficient (Wildman–Crippen LogP) is 5.38. The number of hydrogen-bond donors (Lipinski definition) is 1. The van der Waals surface area contributed by atoms with Crippen molar-refractivity contribution in [1.29, 1.82) is 0 Å². The SMILES string of the molecule is Cc1ccc(Br)c(NC2CCCCC2C(C)C)c1. The van der Waals surface area contributed by atoms with Gasteiger partial charge in [0.2, 0.25) is 0 Å². The molecule has 1 aliphatic rings. The summed E-state index contributed by atoms with van der Waals surface area (Å²) in [4.78, 5) is 0. The third-order valence-electron chi connectivity index (χ3n) is 4.14. The fourth-order valence-electron chi connectivity index (χ4n) is 3.09. The Kier molecular flexibility index (Phi) is 4.71. The van der Waals surface area contributed by atoms with E-state index < -0.39 is 0 Å². The van der Waals surface area contributed by atoms with E-state index in [2.05, 4.69) is 60.2 Å². The van der Waals surface area contributed by atoms with E-state index in [9.17, 15) is 0 Å². The molecule has 100 valence electrons. The molecule has 1 aromatic carbocycles. The van der Waals surface area contributed by atoms with Gasteiger partial charge in [0.15, 0.2) is 0 Å². The first-order valence-corrected chi connectivity index (χ1v) is 7.90. The molecule has 1 N–H and O–H groups in total. The van der Waals surface area contributed by atoms with Crippen molar-refractivity contribution in [2.75, 3.05) is 5.32 Å². The zero-order chi connectivity index (χ0) is 13.1. The summed E-state index contributed by atoms with van der Waals surface area (Å²) in [5.41, 5.74) is 2.57. The highest BCUT2D eigenvalue weighted by molar-refractivity contribution is 9.10. The van der Waals surface area contributed by atoms with Crippen molar-refractivity contribution in [3.8, 4) is 0 Å². The molecule has 0 amide bonds. The average molecular weight is 310 g/mol. The van der Waals surface area contributed by atoms with Crippen LogP contribution in [0.25, 0.3) is 0 Å². The van der Waals surface area contributed by atoms with Crippen LogP contribution in [0.1, 0.15) is 45.1 Å².